The van der Waals surface area contributed by atoms with Gasteiger partial charge in [-0.2, -0.15) is 14.8 Å². The van der Waals surface area contributed by atoms with Gasteiger partial charge in [-0.15, -0.1) is 0 Å². The van der Waals surface area contributed by atoms with E-state index in [2.05, 4.69) is 26.2 Å². The zero-order chi connectivity index (χ0) is 27.6. The molecule has 10 heteroatoms. The molecule has 4 aromatic heterocycles. The molecule has 6 heterocycles. The average molecular weight is 541 g/mol. The topological polar surface area (TPSA) is 103 Å². The van der Waals surface area contributed by atoms with Gasteiger partial charge in [0.2, 0.25) is 11.8 Å². The zero-order valence-electron chi connectivity index (χ0n) is 23.2. The smallest absolute Gasteiger partial charge is 0.246 e. The molecule has 6 rings (SSSR count). The number of H-pyrrole nitrogens is 1. The normalized spacial score (nSPS) is 18.6. The van der Waals surface area contributed by atoms with Crippen molar-refractivity contribution in [2.24, 2.45) is 5.92 Å². The van der Waals surface area contributed by atoms with Gasteiger partial charge in [-0.05, 0) is 69.1 Å². The van der Waals surface area contributed by atoms with Crippen LogP contribution in [0.1, 0.15) is 37.3 Å². The highest BCUT2D eigenvalue weighted by molar-refractivity contribution is 5.97. The molecule has 0 spiro atoms. The summed E-state index contributed by atoms with van der Waals surface area (Å²) >= 11 is 0. The van der Waals surface area contributed by atoms with Crippen LogP contribution in [0.2, 0.25) is 0 Å². The number of carbonyl (C=O) groups excluding carboxylic acids is 2. The third kappa shape index (κ3) is 5.36. The molecule has 2 aliphatic heterocycles. The summed E-state index contributed by atoms with van der Waals surface area (Å²) < 4.78 is 1.64. The molecule has 10 nitrogen and oxygen atoms in total. The van der Waals surface area contributed by atoms with Crippen LogP contribution in [-0.4, -0.2) is 98.1 Å². The van der Waals surface area contributed by atoms with Crippen LogP contribution in [0.25, 0.3) is 27.7 Å². The second-order valence-corrected chi connectivity index (χ2v) is 11.3. The summed E-state index contributed by atoms with van der Waals surface area (Å²) in [6, 6.07) is 8.14. The first-order chi connectivity index (χ1) is 19.5. The van der Waals surface area contributed by atoms with Crippen LogP contribution >= 0.6 is 0 Å². The molecule has 4 aromatic rings. The lowest BCUT2D eigenvalue weighted by molar-refractivity contribution is -0.132. The molecule has 0 aromatic carbocycles. The Morgan fingerprint density at radius 3 is 2.70 bits per heavy atom. The quantitative estimate of drug-likeness (QED) is 0.361. The number of hydrogen-bond acceptors (Lipinski definition) is 6. The first-order valence-electron chi connectivity index (χ1n) is 14.1. The molecule has 208 valence electrons. The van der Waals surface area contributed by atoms with E-state index in [0.717, 1.165) is 85.4 Å². The molecule has 2 saturated heterocycles. The lowest BCUT2D eigenvalue weighted by Crippen LogP contribution is -2.39. The van der Waals surface area contributed by atoms with Gasteiger partial charge in [-0.3, -0.25) is 9.59 Å². The van der Waals surface area contributed by atoms with Crippen molar-refractivity contribution in [3.63, 3.8) is 0 Å². The van der Waals surface area contributed by atoms with E-state index in [0.29, 0.717) is 12.3 Å². The summed E-state index contributed by atoms with van der Waals surface area (Å²) in [6.45, 7) is 3.68. The number of carbonyl (C=O) groups is 2. The lowest BCUT2D eigenvalue weighted by Gasteiger charge is -2.32. The molecule has 2 amide bonds. The van der Waals surface area contributed by atoms with Gasteiger partial charge >= 0.3 is 0 Å². The molecule has 0 aliphatic carbocycles. The Morgan fingerprint density at radius 1 is 1.05 bits per heavy atom. The predicted molar refractivity (Wildman–Crippen MR) is 154 cm³/mol. The molecule has 1 atom stereocenters. The second-order valence-electron chi connectivity index (χ2n) is 11.3. The van der Waals surface area contributed by atoms with E-state index in [1.807, 2.05) is 65.5 Å². The highest BCUT2D eigenvalue weighted by Crippen LogP contribution is 2.35. The number of piperidine rings is 1. The summed E-state index contributed by atoms with van der Waals surface area (Å²) in [4.78, 5) is 39.7. The van der Waals surface area contributed by atoms with Crippen molar-refractivity contribution < 1.29 is 9.59 Å². The first kappa shape index (κ1) is 26.2. The fraction of sp³-hybridized carbons (Fsp3) is 0.433. The number of pyridine rings is 1. The minimum absolute atomic E-state index is 0.0724. The Bertz CT molecular complexity index is 1550. The van der Waals surface area contributed by atoms with Crippen molar-refractivity contribution in [1.29, 1.82) is 0 Å². The number of hydrogen-bond donors (Lipinski definition) is 1. The fourth-order valence-electron chi connectivity index (χ4n) is 5.99. The number of aromatic amines is 1. The molecule has 0 bridgehead atoms. The molecule has 0 radical (unpaired) electrons. The molecular formula is C30H36N8O2. The molecule has 1 unspecified atom stereocenters. The standard InChI is InChI=1S/C30H36N8O2/c1-35(2)13-4-6-28(39)36-14-8-21(9-15-36)17-29(40)37-16-10-22(20-37)26-18-24-23(7-12-31-30(24)34-26)25-19-33-38-27(25)5-3-11-32-38/h3-7,11-12,18-19,21-22H,8-10,13-17,20H2,1-2H3,(H,31,34)/b6-4+. The van der Waals surface area contributed by atoms with Gasteiger partial charge in [0.15, 0.2) is 0 Å². The van der Waals surface area contributed by atoms with Crippen LogP contribution in [0.15, 0.2) is 55.0 Å². The Kier molecular flexibility index (Phi) is 7.34. The zero-order valence-corrected chi connectivity index (χ0v) is 23.2. The Morgan fingerprint density at radius 2 is 1.88 bits per heavy atom. The van der Waals surface area contributed by atoms with Crippen LogP contribution < -0.4 is 0 Å². The van der Waals surface area contributed by atoms with Gasteiger partial charge < -0.3 is 19.7 Å². The van der Waals surface area contributed by atoms with Gasteiger partial charge in [0.1, 0.15) is 5.65 Å². The van der Waals surface area contributed by atoms with Crippen molar-refractivity contribution in [2.75, 3.05) is 46.8 Å². The molecule has 40 heavy (non-hydrogen) atoms. The summed E-state index contributed by atoms with van der Waals surface area (Å²) in [5.74, 6) is 0.890. The number of aromatic nitrogens is 5. The predicted octanol–water partition coefficient (Wildman–Crippen LogP) is 3.34. The maximum absolute atomic E-state index is 13.2. The number of likely N-dealkylation sites (tertiary alicyclic amines) is 2. The van der Waals surface area contributed by atoms with Crippen LogP contribution in [-0.2, 0) is 9.59 Å². The number of rotatable bonds is 7. The maximum Gasteiger partial charge on any atom is 0.246 e. The summed E-state index contributed by atoms with van der Waals surface area (Å²) in [7, 11) is 3.96. The highest BCUT2D eigenvalue weighted by Gasteiger charge is 2.31. The molecule has 0 saturated carbocycles. The number of fused-ring (bicyclic) bond motifs is 2. The molecule has 2 fully saturated rings. The minimum Gasteiger partial charge on any atom is -0.343 e. The van der Waals surface area contributed by atoms with E-state index in [4.69, 9.17) is 0 Å². The fourth-order valence-corrected chi connectivity index (χ4v) is 5.99. The van der Waals surface area contributed by atoms with E-state index >= 15 is 0 Å². The van der Waals surface area contributed by atoms with Gasteiger partial charge in [0.05, 0.1) is 11.7 Å². The Labute approximate surface area is 233 Å². The Hall–Kier alpha value is -4.05. The van der Waals surface area contributed by atoms with Crippen molar-refractivity contribution in [2.45, 2.75) is 31.6 Å². The van der Waals surface area contributed by atoms with E-state index in [-0.39, 0.29) is 17.7 Å². The van der Waals surface area contributed by atoms with Crippen LogP contribution in [0.4, 0.5) is 0 Å². The minimum atomic E-state index is 0.0724. The van der Waals surface area contributed by atoms with E-state index in [1.165, 1.54) is 0 Å². The second kappa shape index (κ2) is 11.2. The van der Waals surface area contributed by atoms with Gasteiger partial charge in [-0.25, -0.2) is 4.98 Å². The largest absolute Gasteiger partial charge is 0.343 e. The Balaban J connectivity index is 1.07. The lowest BCUT2D eigenvalue weighted by atomic mass is 9.93. The van der Waals surface area contributed by atoms with Gasteiger partial charge in [-0.1, -0.05) is 6.08 Å². The molecule has 2 aliphatic rings. The number of likely N-dealkylation sites (N-methyl/N-ethyl adjacent to an activating group) is 1. The summed E-state index contributed by atoms with van der Waals surface area (Å²) in [5, 5.41) is 9.75. The number of amides is 2. The van der Waals surface area contributed by atoms with Crippen LogP contribution in [0.5, 0.6) is 0 Å². The first-order valence-corrected chi connectivity index (χ1v) is 14.1. The van der Waals surface area contributed by atoms with Crippen molar-refractivity contribution in [3.05, 3.63) is 60.7 Å². The van der Waals surface area contributed by atoms with Crippen molar-refractivity contribution in [1.82, 2.24) is 39.5 Å². The van der Waals surface area contributed by atoms with Gasteiger partial charge in [0, 0.05) is 80.2 Å². The summed E-state index contributed by atoms with van der Waals surface area (Å²) in [5.41, 5.74) is 5.00. The van der Waals surface area contributed by atoms with Crippen LogP contribution in [0, 0.1) is 5.92 Å². The van der Waals surface area contributed by atoms with Crippen LogP contribution in [0.3, 0.4) is 0 Å². The average Bonchev–Trinajstić information content (AvgIpc) is 3.71. The van der Waals surface area contributed by atoms with E-state index < -0.39 is 0 Å². The highest BCUT2D eigenvalue weighted by atomic mass is 16.2. The summed E-state index contributed by atoms with van der Waals surface area (Å²) in [6.07, 6.45) is 12.2. The third-order valence-electron chi connectivity index (χ3n) is 8.25. The van der Waals surface area contributed by atoms with Gasteiger partial charge in [0.25, 0.3) is 0 Å². The maximum atomic E-state index is 13.2. The van der Waals surface area contributed by atoms with Crippen molar-refractivity contribution >= 4 is 28.4 Å². The van der Waals surface area contributed by atoms with Crippen molar-refractivity contribution in [3.8, 4) is 11.1 Å². The number of nitrogens with zero attached hydrogens (tertiary/aromatic N) is 7. The third-order valence-corrected chi connectivity index (χ3v) is 8.25. The SMILES string of the molecule is CN(C)C/C=C/C(=O)N1CCC(CC(=O)N2CCC(c3cc4c(-c5cnn6ncccc56)ccnc4[nH]3)C2)CC1. The van der Waals surface area contributed by atoms with E-state index in [1.54, 1.807) is 16.9 Å². The molecule has 1 N–H and O–H groups in total. The number of nitrogens with one attached hydrogen (secondary N) is 1. The molecular weight excluding hydrogens is 504 g/mol. The monoisotopic (exact) mass is 540 g/mol. The van der Waals surface area contributed by atoms with E-state index in [9.17, 15) is 9.59 Å².